The summed E-state index contributed by atoms with van der Waals surface area (Å²) >= 11 is 0. The molecule has 1 aliphatic carbocycles. The van der Waals surface area contributed by atoms with Gasteiger partial charge in [-0.05, 0) is 50.3 Å². The van der Waals surface area contributed by atoms with Crippen LogP contribution in [0.2, 0.25) is 0 Å². The maximum absolute atomic E-state index is 12.1. The van der Waals surface area contributed by atoms with E-state index in [1.165, 1.54) is 19.4 Å². The summed E-state index contributed by atoms with van der Waals surface area (Å²) in [6.07, 6.45) is 5.03. The fourth-order valence-electron chi connectivity index (χ4n) is 3.60. The summed E-state index contributed by atoms with van der Waals surface area (Å²) in [4.78, 5) is 14.7. The molecule has 1 aromatic heterocycles. The van der Waals surface area contributed by atoms with Gasteiger partial charge in [0, 0.05) is 12.5 Å². The Morgan fingerprint density at radius 1 is 1.09 bits per heavy atom. The highest BCUT2D eigenvalue weighted by atomic mass is 16.1. The minimum absolute atomic E-state index is 0.0933. The number of rotatable bonds is 5. The summed E-state index contributed by atoms with van der Waals surface area (Å²) in [5.74, 6) is 2.28. The monoisotopic (exact) mass is 312 g/mol. The van der Waals surface area contributed by atoms with E-state index in [4.69, 9.17) is 0 Å². The van der Waals surface area contributed by atoms with Crippen molar-refractivity contribution in [2.24, 2.45) is 5.92 Å². The molecule has 1 N–H and O–H groups in total. The lowest BCUT2D eigenvalue weighted by Crippen LogP contribution is -2.35. The molecular formula is C18H24N4O. The molecule has 0 atom stereocenters. The van der Waals surface area contributed by atoms with E-state index in [1.54, 1.807) is 0 Å². The van der Waals surface area contributed by atoms with Crippen molar-refractivity contribution in [3.05, 3.63) is 52.2 Å². The number of piperidine rings is 1. The van der Waals surface area contributed by atoms with Crippen LogP contribution in [0.4, 0.5) is 0 Å². The van der Waals surface area contributed by atoms with Crippen LogP contribution >= 0.6 is 0 Å². The van der Waals surface area contributed by atoms with Crippen LogP contribution in [-0.2, 0) is 6.54 Å². The Hall–Kier alpha value is -1.88. The maximum atomic E-state index is 12.1. The highest BCUT2D eigenvalue weighted by molar-refractivity contribution is 5.16. The number of hydrogen-bond donors (Lipinski definition) is 1. The second kappa shape index (κ2) is 6.32. The molecule has 5 heteroatoms. The number of likely N-dealkylation sites (tertiary alicyclic amines) is 1. The molecule has 0 unspecified atom stereocenters. The Balaban J connectivity index is 1.46. The third kappa shape index (κ3) is 3.39. The largest absolute Gasteiger partial charge is 0.343 e. The maximum Gasteiger partial charge on any atom is 0.343 e. The zero-order valence-electron chi connectivity index (χ0n) is 13.4. The van der Waals surface area contributed by atoms with Gasteiger partial charge in [-0.1, -0.05) is 30.3 Å². The number of benzene rings is 1. The van der Waals surface area contributed by atoms with Crippen LogP contribution in [0.5, 0.6) is 0 Å². The van der Waals surface area contributed by atoms with Gasteiger partial charge in [0.2, 0.25) is 0 Å². The smallest absolute Gasteiger partial charge is 0.303 e. The van der Waals surface area contributed by atoms with Crippen LogP contribution in [0, 0.1) is 5.92 Å². The van der Waals surface area contributed by atoms with E-state index in [1.807, 2.05) is 22.8 Å². The predicted octanol–water partition coefficient (Wildman–Crippen LogP) is 2.21. The highest BCUT2D eigenvalue weighted by Gasteiger charge is 2.29. The van der Waals surface area contributed by atoms with Gasteiger partial charge in [0.25, 0.3) is 0 Å². The first-order valence-corrected chi connectivity index (χ1v) is 8.71. The Labute approximate surface area is 136 Å². The lowest BCUT2D eigenvalue weighted by Gasteiger charge is -2.31. The first-order chi connectivity index (χ1) is 11.3. The van der Waals surface area contributed by atoms with Crippen LogP contribution < -0.4 is 5.69 Å². The van der Waals surface area contributed by atoms with Crippen LogP contribution in [0.3, 0.4) is 0 Å². The van der Waals surface area contributed by atoms with Gasteiger partial charge in [0.05, 0.1) is 6.54 Å². The number of H-pyrrole nitrogens is 1. The first kappa shape index (κ1) is 14.7. The van der Waals surface area contributed by atoms with Gasteiger partial charge in [0.1, 0.15) is 5.82 Å². The molecule has 4 rings (SSSR count). The summed E-state index contributed by atoms with van der Waals surface area (Å²) in [7, 11) is 0. The predicted molar refractivity (Wildman–Crippen MR) is 89.5 cm³/mol. The van der Waals surface area contributed by atoms with Crippen molar-refractivity contribution in [1.82, 2.24) is 19.7 Å². The van der Waals surface area contributed by atoms with Crippen molar-refractivity contribution in [3.63, 3.8) is 0 Å². The zero-order chi connectivity index (χ0) is 15.6. The van der Waals surface area contributed by atoms with Gasteiger partial charge >= 0.3 is 5.69 Å². The Morgan fingerprint density at radius 3 is 2.52 bits per heavy atom. The van der Waals surface area contributed by atoms with Crippen molar-refractivity contribution in [1.29, 1.82) is 0 Å². The van der Waals surface area contributed by atoms with E-state index in [-0.39, 0.29) is 5.69 Å². The fourth-order valence-corrected chi connectivity index (χ4v) is 3.60. The molecule has 1 aromatic carbocycles. The molecule has 0 amide bonds. The molecule has 0 radical (unpaired) electrons. The van der Waals surface area contributed by atoms with Crippen LogP contribution in [0.1, 0.15) is 43.0 Å². The molecule has 2 aromatic rings. The molecule has 2 aliphatic rings. The molecule has 1 saturated carbocycles. The third-order valence-corrected chi connectivity index (χ3v) is 5.14. The fraction of sp³-hybridized carbons (Fsp3) is 0.556. The van der Waals surface area contributed by atoms with Crippen molar-refractivity contribution in [3.8, 4) is 0 Å². The molecule has 23 heavy (non-hydrogen) atoms. The SMILES string of the molecule is O=c1[nH]nc(C2CCN(CC3CC3)CC2)n1Cc1ccccc1. The molecule has 2 heterocycles. The van der Waals surface area contributed by atoms with Gasteiger partial charge in [0.15, 0.2) is 0 Å². The summed E-state index contributed by atoms with van der Waals surface area (Å²) in [5.41, 5.74) is 1.05. The average Bonchev–Trinajstić information content (AvgIpc) is 3.33. The molecule has 0 spiro atoms. The normalized spacial score (nSPS) is 20.0. The topological polar surface area (TPSA) is 53.9 Å². The Kier molecular flexibility index (Phi) is 4.04. The summed E-state index contributed by atoms with van der Waals surface area (Å²) in [6, 6.07) is 10.1. The minimum Gasteiger partial charge on any atom is -0.303 e. The number of nitrogens with one attached hydrogen (secondary N) is 1. The van der Waals surface area contributed by atoms with Crippen LogP contribution in [-0.4, -0.2) is 39.3 Å². The van der Waals surface area contributed by atoms with Gasteiger partial charge in [-0.15, -0.1) is 0 Å². The summed E-state index contributed by atoms with van der Waals surface area (Å²) in [6.45, 7) is 4.14. The molecule has 0 bridgehead atoms. The van der Waals surface area contributed by atoms with Crippen LogP contribution in [0.15, 0.2) is 35.1 Å². The van der Waals surface area contributed by atoms with E-state index >= 15 is 0 Å². The standard InChI is InChI=1S/C18H24N4O/c23-18-20-19-17(22(18)13-14-4-2-1-3-5-14)16-8-10-21(11-9-16)12-15-6-7-15/h1-5,15-16H,6-13H2,(H,20,23). The number of aromatic nitrogens is 3. The molecule has 5 nitrogen and oxygen atoms in total. The lowest BCUT2D eigenvalue weighted by molar-refractivity contribution is 0.200. The van der Waals surface area contributed by atoms with E-state index in [0.29, 0.717) is 12.5 Å². The average molecular weight is 312 g/mol. The van der Waals surface area contributed by atoms with Crippen LogP contribution in [0.25, 0.3) is 0 Å². The van der Waals surface area contributed by atoms with Gasteiger partial charge in [-0.2, -0.15) is 5.10 Å². The Morgan fingerprint density at radius 2 is 1.83 bits per heavy atom. The third-order valence-electron chi connectivity index (χ3n) is 5.14. The first-order valence-electron chi connectivity index (χ1n) is 8.71. The van der Waals surface area contributed by atoms with Crippen molar-refractivity contribution in [2.45, 2.75) is 38.1 Å². The molecular weight excluding hydrogens is 288 g/mol. The molecule has 1 aliphatic heterocycles. The highest BCUT2D eigenvalue weighted by Crippen LogP contribution is 2.32. The van der Waals surface area contributed by atoms with E-state index in [2.05, 4.69) is 27.2 Å². The van der Waals surface area contributed by atoms with Crippen molar-refractivity contribution in [2.75, 3.05) is 19.6 Å². The van der Waals surface area contributed by atoms with Gasteiger partial charge < -0.3 is 4.90 Å². The molecule has 1 saturated heterocycles. The van der Waals surface area contributed by atoms with Crippen molar-refractivity contribution >= 4 is 0 Å². The second-order valence-corrected chi connectivity index (χ2v) is 6.98. The summed E-state index contributed by atoms with van der Waals surface area (Å²) < 4.78 is 1.82. The number of nitrogens with zero attached hydrogens (tertiary/aromatic N) is 3. The minimum atomic E-state index is -0.0933. The number of hydrogen-bond acceptors (Lipinski definition) is 3. The van der Waals surface area contributed by atoms with E-state index in [9.17, 15) is 4.79 Å². The second-order valence-electron chi connectivity index (χ2n) is 6.98. The van der Waals surface area contributed by atoms with E-state index in [0.717, 1.165) is 43.2 Å². The zero-order valence-corrected chi connectivity index (χ0v) is 13.4. The van der Waals surface area contributed by atoms with Gasteiger partial charge in [-0.3, -0.25) is 4.57 Å². The number of aromatic amines is 1. The van der Waals surface area contributed by atoms with Crippen molar-refractivity contribution < 1.29 is 0 Å². The van der Waals surface area contributed by atoms with E-state index < -0.39 is 0 Å². The van der Waals surface area contributed by atoms with Gasteiger partial charge in [-0.25, -0.2) is 9.89 Å². The molecule has 122 valence electrons. The molecule has 2 fully saturated rings. The lowest BCUT2D eigenvalue weighted by atomic mass is 9.95. The summed E-state index contributed by atoms with van der Waals surface area (Å²) in [5, 5.41) is 6.99. The Bertz CT molecular complexity index is 693. The quantitative estimate of drug-likeness (QED) is 0.921.